The van der Waals surface area contributed by atoms with E-state index in [9.17, 15) is 20.2 Å². The molecule has 284 valence electrons. The molecule has 0 atom stereocenters. The molecule has 2 aromatic rings. The molecule has 0 aliphatic rings. The normalized spacial score (nSPS) is 10.1. The molecule has 2 rings (SSSR count). The molecule has 0 fully saturated rings. The van der Waals surface area contributed by atoms with E-state index in [4.69, 9.17) is 17.9 Å². The monoisotopic (exact) mass is 768 g/mol. The van der Waals surface area contributed by atoms with Gasteiger partial charge < -0.3 is 11.5 Å². The minimum absolute atomic E-state index is 0.0593. The number of hydrogen-bond acceptors (Lipinski definition) is 6. The first kappa shape index (κ1) is 47.4. The van der Waals surface area contributed by atoms with Crippen molar-refractivity contribution in [2.45, 2.75) is 168 Å². The number of terminal acetylenes is 1. The quantitative estimate of drug-likeness (QED) is 0.0358. The van der Waals surface area contributed by atoms with Crippen LogP contribution in [0, 0.1) is 44.4 Å². The lowest BCUT2D eigenvalue weighted by Crippen LogP contribution is -1.95. The molecule has 0 aromatic heterocycles. The molecule has 0 bridgehead atoms. The van der Waals surface area contributed by atoms with Crippen LogP contribution in [-0.4, -0.2) is 9.85 Å². The number of hydrogen-bond donors (Lipinski definition) is 2. The van der Waals surface area contributed by atoms with Crippen LogP contribution in [0.25, 0.3) is 0 Å². The molecule has 51 heavy (non-hydrogen) atoms. The zero-order valence-electron chi connectivity index (χ0n) is 31.6. The molecule has 0 amide bonds. The third-order valence-electron chi connectivity index (χ3n) is 8.47. The molecule has 0 heterocycles. The number of nitrogens with zero attached hydrogens (tertiary/aromatic N) is 2. The number of rotatable bonds is 24. The first-order valence-corrected chi connectivity index (χ1v) is 20.1. The Kier molecular flexibility index (Phi) is 31.2. The van der Waals surface area contributed by atoms with Crippen molar-refractivity contribution in [1.82, 2.24) is 0 Å². The standard InChI is InChI=1S/C21H32N2O2.C15H28.C6H5BrN2O2/c1-2-3-4-5-6-7-8-9-10-11-12-13-14-15-19-16-17-21(23(24)25)20(22)18-19;1-3-5-7-9-11-13-15-14-12-10-8-6-4-2;7-4-1-2-6(9(10)11)5(8)3-4/h16-18H,2-13,22H2,1H3;1H,4-15H2,2H3;1-3H,8H2. The van der Waals surface area contributed by atoms with E-state index in [2.05, 4.69) is 47.5 Å². The predicted molar refractivity (Wildman–Crippen MR) is 221 cm³/mol. The summed E-state index contributed by atoms with van der Waals surface area (Å²) in [4.78, 5) is 20.0. The third-order valence-corrected chi connectivity index (χ3v) is 8.97. The summed E-state index contributed by atoms with van der Waals surface area (Å²) in [6, 6.07) is 9.08. The lowest BCUT2D eigenvalue weighted by atomic mass is 10.1. The molecule has 4 N–H and O–H groups in total. The summed E-state index contributed by atoms with van der Waals surface area (Å²) in [5.41, 5.74) is 12.0. The Labute approximate surface area is 317 Å². The summed E-state index contributed by atoms with van der Waals surface area (Å²) in [7, 11) is 0. The van der Waals surface area contributed by atoms with Crippen molar-refractivity contribution in [3.8, 4) is 24.2 Å². The fourth-order valence-corrected chi connectivity index (χ4v) is 5.80. The maximum Gasteiger partial charge on any atom is 0.292 e. The van der Waals surface area contributed by atoms with Gasteiger partial charge in [0.15, 0.2) is 0 Å². The Morgan fingerprint density at radius 1 is 0.588 bits per heavy atom. The molecule has 0 spiro atoms. The highest BCUT2D eigenvalue weighted by molar-refractivity contribution is 9.10. The number of halogens is 1. The zero-order valence-corrected chi connectivity index (χ0v) is 33.2. The highest BCUT2D eigenvalue weighted by atomic mass is 79.9. The van der Waals surface area contributed by atoms with Crippen LogP contribution in [0.3, 0.4) is 0 Å². The molecule has 0 unspecified atom stereocenters. The van der Waals surface area contributed by atoms with Gasteiger partial charge in [-0.1, -0.05) is 170 Å². The number of benzene rings is 2. The van der Waals surface area contributed by atoms with E-state index >= 15 is 0 Å². The van der Waals surface area contributed by atoms with Gasteiger partial charge in [0.2, 0.25) is 0 Å². The van der Waals surface area contributed by atoms with Crippen molar-refractivity contribution in [2.75, 3.05) is 11.5 Å². The van der Waals surface area contributed by atoms with Crippen LogP contribution in [0.2, 0.25) is 0 Å². The SMILES string of the molecule is C#CCCCCCCCCCCCCC.CCCCCCCCCCCCCC#Cc1ccc([N+](=O)[O-])c(N)c1.Nc1cc(Br)ccc1[N+](=O)[O-]. The molecule has 0 saturated carbocycles. The lowest BCUT2D eigenvalue weighted by Gasteiger charge is -2.01. The average molecular weight is 770 g/mol. The lowest BCUT2D eigenvalue weighted by molar-refractivity contribution is -0.384. The van der Waals surface area contributed by atoms with E-state index in [-0.39, 0.29) is 22.7 Å². The van der Waals surface area contributed by atoms with E-state index in [1.54, 1.807) is 18.2 Å². The van der Waals surface area contributed by atoms with Crippen LogP contribution >= 0.6 is 15.9 Å². The van der Waals surface area contributed by atoms with Crippen molar-refractivity contribution >= 4 is 38.7 Å². The second kappa shape index (κ2) is 33.6. The Morgan fingerprint density at radius 2 is 0.961 bits per heavy atom. The topological polar surface area (TPSA) is 138 Å². The maximum absolute atomic E-state index is 10.7. The molecule has 0 aliphatic carbocycles. The van der Waals surface area contributed by atoms with Crippen molar-refractivity contribution < 1.29 is 9.85 Å². The van der Waals surface area contributed by atoms with Gasteiger partial charge in [-0.15, -0.1) is 12.3 Å². The van der Waals surface area contributed by atoms with Gasteiger partial charge in [-0.2, -0.15) is 0 Å². The maximum atomic E-state index is 10.7. The number of unbranched alkanes of at least 4 members (excludes halogenated alkanes) is 22. The van der Waals surface area contributed by atoms with E-state index in [0.717, 1.165) is 29.3 Å². The molecular formula is C42H65BrN4O4. The minimum atomic E-state index is -0.512. The molecule has 0 saturated heterocycles. The average Bonchev–Trinajstić information content (AvgIpc) is 3.09. The van der Waals surface area contributed by atoms with Crippen molar-refractivity contribution in [2.24, 2.45) is 0 Å². The van der Waals surface area contributed by atoms with Crippen LogP contribution < -0.4 is 11.5 Å². The summed E-state index contributed by atoms with van der Waals surface area (Å²) < 4.78 is 0.737. The van der Waals surface area contributed by atoms with Gasteiger partial charge >= 0.3 is 0 Å². The summed E-state index contributed by atoms with van der Waals surface area (Å²) in [5.74, 6) is 8.87. The summed E-state index contributed by atoms with van der Waals surface area (Å²) >= 11 is 3.14. The number of nitrogen functional groups attached to an aromatic ring is 2. The fourth-order valence-electron chi connectivity index (χ4n) is 5.42. The Hall–Kier alpha value is -3.56. The predicted octanol–water partition coefficient (Wildman–Crippen LogP) is 13.5. The van der Waals surface area contributed by atoms with Gasteiger partial charge in [-0.3, -0.25) is 20.2 Å². The van der Waals surface area contributed by atoms with Gasteiger partial charge in [-0.05, 0) is 37.1 Å². The first-order valence-electron chi connectivity index (χ1n) is 19.3. The summed E-state index contributed by atoms with van der Waals surface area (Å²) in [6.07, 6.45) is 37.0. The van der Waals surface area contributed by atoms with Crippen molar-refractivity contribution in [3.63, 3.8) is 0 Å². The Bertz CT molecular complexity index is 1320. The van der Waals surface area contributed by atoms with Gasteiger partial charge in [-0.25, -0.2) is 0 Å². The second-order valence-corrected chi connectivity index (χ2v) is 14.0. The number of nitro benzene ring substituents is 2. The molecular weight excluding hydrogens is 704 g/mol. The minimum Gasteiger partial charge on any atom is -0.393 e. The molecule has 0 radical (unpaired) electrons. The summed E-state index contributed by atoms with van der Waals surface area (Å²) in [6.45, 7) is 4.53. The van der Waals surface area contributed by atoms with Crippen LogP contribution in [0.5, 0.6) is 0 Å². The summed E-state index contributed by atoms with van der Waals surface area (Å²) in [5, 5.41) is 21.0. The Balaban J connectivity index is 0.000000813. The van der Waals surface area contributed by atoms with Gasteiger partial charge in [0.1, 0.15) is 11.4 Å². The van der Waals surface area contributed by atoms with Gasteiger partial charge in [0.25, 0.3) is 11.4 Å². The van der Waals surface area contributed by atoms with E-state index < -0.39 is 9.85 Å². The fraction of sp³-hybridized carbons (Fsp3) is 0.619. The number of nitro groups is 2. The Morgan fingerprint density at radius 3 is 1.33 bits per heavy atom. The zero-order chi connectivity index (χ0) is 38.0. The van der Waals surface area contributed by atoms with E-state index in [1.165, 1.54) is 153 Å². The van der Waals surface area contributed by atoms with E-state index in [0.29, 0.717) is 0 Å². The highest BCUT2D eigenvalue weighted by Gasteiger charge is 2.10. The van der Waals surface area contributed by atoms with Crippen LogP contribution in [0.4, 0.5) is 22.7 Å². The second-order valence-electron chi connectivity index (χ2n) is 13.1. The van der Waals surface area contributed by atoms with Crippen LogP contribution in [0.1, 0.15) is 174 Å². The van der Waals surface area contributed by atoms with E-state index in [1.807, 2.05) is 0 Å². The molecule has 9 heteroatoms. The molecule has 0 aliphatic heterocycles. The molecule has 2 aromatic carbocycles. The smallest absolute Gasteiger partial charge is 0.292 e. The third kappa shape index (κ3) is 27.8. The number of nitrogens with two attached hydrogens (primary N) is 2. The molecule has 8 nitrogen and oxygen atoms in total. The van der Waals surface area contributed by atoms with Crippen LogP contribution in [-0.2, 0) is 0 Å². The largest absolute Gasteiger partial charge is 0.393 e. The first-order chi connectivity index (χ1) is 24.7. The highest BCUT2D eigenvalue weighted by Crippen LogP contribution is 2.24. The van der Waals surface area contributed by atoms with Crippen molar-refractivity contribution in [1.29, 1.82) is 0 Å². The number of anilines is 2. The van der Waals surface area contributed by atoms with Gasteiger partial charge in [0, 0.05) is 35.0 Å². The van der Waals surface area contributed by atoms with Crippen molar-refractivity contribution in [3.05, 3.63) is 66.7 Å². The van der Waals surface area contributed by atoms with Gasteiger partial charge in [0.05, 0.1) is 9.85 Å². The van der Waals surface area contributed by atoms with Crippen LogP contribution in [0.15, 0.2) is 40.9 Å².